The Morgan fingerprint density at radius 1 is 1.28 bits per heavy atom. The second-order valence-electron chi connectivity index (χ2n) is 6.30. The molecule has 0 unspecified atom stereocenters. The Kier molecular flexibility index (Phi) is 6.01. The van der Waals surface area contributed by atoms with Gasteiger partial charge in [0.1, 0.15) is 17.4 Å². The van der Waals surface area contributed by atoms with Crippen molar-refractivity contribution in [1.82, 2.24) is 4.57 Å². The van der Waals surface area contributed by atoms with Gasteiger partial charge in [-0.2, -0.15) is 5.26 Å². The van der Waals surface area contributed by atoms with Crippen LogP contribution in [-0.4, -0.2) is 23.0 Å². The number of nitrogens with zero attached hydrogens (tertiary/aromatic N) is 3. The highest BCUT2D eigenvalue weighted by Crippen LogP contribution is 2.29. The van der Waals surface area contributed by atoms with Gasteiger partial charge in [-0.25, -0.2) is 0 Å². The van der Waals surface area contributed by atoms with E-state index in [0.717, 1.165) is 5.56 Å². The topological polar surface area (TPSA) is 87.6 Å². The van der Waals surface area contributed by atoms with Gasteiger partial charge in [0, 0.05) is 6.21 Å². The third-order valence-corrected chi connectivity index (χ3v) is 4.80. The molecule has 2 aromatic carbocycles. The molecule has 0 radical (unpaired) electrons. The van der Waals surface area contributed by atoms with Crippen LogP contribution >= 0.6 is 11.6 Å². The molecule has 0 atom stereocenters. The summed E-state index contributed by atoms with van der Waals surface area (Å²) >= 11 is 6.12. The summed E-state index contributed by atoms with van der Waals surface area (Å²) in [6.07, 6.45) is 1.42. The fourth-order valence-corrected chi connectivity index (χ4v) is 3.16. The summed E-state index contributed by atoms with van der Waals surface area (Å²) in [6.45, 7) is 1.74. The number of benzene rings is 2. The number of methoxy groups -OCH3 is 1. The van der Waals surface area contributed by atoms with Crippen LogP contribution in [-0.2, 0) is 6.54 Å². The number of hydrogen-bond acceptors (Lipinski definition) is 5. The standard InChI is InChI=1S/C22H18ClN3O3/c1-14-17(11-24)21(27)26(13-15-6-4-3-5-7-15)22(28)18(14)12-25-16-8-9-20(29-2)19(23)10-16/h3-10,12,28H,13H2,1-2H3. The summed E-state index contributed by atoms with van der Waals surface area (Å²) in [5, 5.41) is 20.6. The summed E-state index contributed by atoms with van der Waals surface area (Å²) in [4.78, 5) is 17.0. The van der Waals surface area contributed by atoms with Gasteiger partial charge in [-0.15, -0.1) is 0 Å². The molecule has 1 heterocycles. The molecule has 0 saturated carbocycles. The minimum absolute atomic E-state index is 0.0343. The second kappa shape index (κ2) is 8.63. The van der Waals surface area contributed by atoms with Gasteiger partial charge in [0.05, 0.1) is 29.9 Å². The number of aliphatic imine (C=N–C) groups is 1. The number of rotatable bonds is 5. The maximum Gasteiger partial charge on any atom is 0.271 e. The first-order valence-electron chi connectivity index (χ1n) is 8.74. The van der Waals surface area contributed by atoms with E-state index >= 15 is 0 Å². The lowest BCUT2D eigenvalue weighted by atomic mass is 10.1. The minimum atomic E-state index is -0.545. The predicted octanol–water partition coefficient (Wildman–Crippen LogP) is 4.19. The van der Waals surface area contributed by atoms with E-state index in [0.29, 0.717) is 27.6 Å². The zero-order valence-corrected chi connectivity index (χ0v) is 16.6. The normalized spacial score (nSPS) is 10.8. The molecule has 0 aliphatic rings. The number of ether oxygens (including phenoxy) is 1. The molecular weight excluding hydrogens is 390 g/mol. The molecule has 1 aromatic heterocycles. The molecule has 0 aliphatic heterocycles. The Hall–Kier alpha value is -3.56. The fourth-order valence-electron chi connectivity index (χ4n) is 2.91. The molecule has 3 rings (SSSR count). The van der Waals surface area contributed by atoms with Crippen molar-refractivity contribution in [2.45, 2.75) is 13.5 Å². The Balaban J connectivity index is 2.09. The lowest BCUT2D eigenvalue weighted by molar-refractivity contribution is 0.413. The Labute approximate surface area is 172 Å². The first-order valence-corrected chi connectivity index (χ1v) is 9.12. The molecule has 6 nitrogen and oxygen atoms in total. The summed E-state index contributed by atoms with van der Waals surface area (Å²) in [5.41, 5.74) is 1.44. The van der Waals surface area contributed by atoms with E-state index in [2.05, 4.69) is 4.99 Å². The number of nitriles is 1. The number of aromatic hydroxyl groups is 1. The number of aromatic nitrogens is 1. The number of halogens is 1. The van der Waals surface area contributed by atoms with Gasteiger partial charge in [-0.3, -0.25) is 14.4 Å². The van der Waals surface area contributed by atoms with E-state index in [-0.39, 0.29) is 18.0 Å². The highest BCUT2D eigenvalue weighted by molar-refractivity contribution is 6.32. The third kappa shape index (κ3) is 4.15. The monoisotopic (exact) mass is 407 g/mol. The van der Waals surface area contributed by atoms with Gasteiger partial charge >= 0.3 is 0 Å². The molecule has 0 spiro atoms. The van der Waals surface area contributed by atoms with Crippen molar-refractivity contribution >= 4 is 23.5 Å². The van der Waals surface area contributed by atoms with Crippen LogP contribution in [0.1, 0.15) is 22.3 Å². The van der Waals surface area contributed by atoms with Gasteiger partial charge in [0.2, 0.25) is 5.88 Å². The maximum atomic E-state index is 12.7. The highest BCUT2D eigenvalue weighted by atomic mass is 35.5. The van der Waals surface area contributed by atoms with Crippen molar-refractivity contribution in [1.29, 1.82) is 5.26 Å². The summed E-state index contributed by atoms with van der Waals surface area (Å²) < 4.78 is 6.29. The number of hydrogen-bond donors (Lipinski definition) is 1. The lowest BCUT2D eigenvalue weighted by Crippen LogP contribution is -2.25. The van der Waals surface area contributed by atoms with Crippen LogP contribution in [0.2, 0.25) is 5.02 Å². The van der Waals surface area contributed by atoms with Crippen LogP contribution in [0.5, 0.6) is 11.6 Å². The summed E-state index contributed by atoms with van der Waals surface area (Å²) in [5.74, 6) is 0.270. The van der Waals surface area contributed by atoms with Crippen molar-refractivity contribution in [3.63, 3.8) is 0 Å². The smallest absolute Gasteiger partial charge is 0.271 e. The Morgan fingerprint density at radius 2 is 2.00 bits per heavy atom. The third-order valence-electron chi connectivity index (χ3n) is 4.51. The zero-order valence-electron chi connectivity index (χ0n) is 15.9. The summed E-state index contributed by atoms with van der Waals surface area (Å²) in [6, 6.07) is 16.2. The highest BCUT2D eigenvalue weighted by Gasteiger charge is 2.18. The van der Waals surface area contributed by atoms with E-state index in [1.807, 2.05) is 36.4 Å². The number of pyridine rings is 1. The van der Waals surface area contributed by atoms with E-state index < -0.39 is 5.56 Å². The molecule has 0 aliphatic carbocycles. The summed E-state index contributed by atoms with van der Waals surface area (Å²) in [7, 11) is 1.52. The molecule has 0 bridgehead atoms. The maximum absolute atomic E-state index is 12.7. The largest absolute Gasteiger partial charge is 0.495 e. The van der Waals surface area contributed by atoms with E-state index in [4.69, 9.17) is 16.3 Å². The predicted molar refractivity (Wildman–Crippen MR) is 113 cm³/mol. The zero-order chi connectivity index (χ0) is 21.0. The Morgan fingerprint density at radius 3 is 2.62 bits per heavy atom. The van der Waals surface area contributed by atoms with Gasteiger partial charge in [-0.1, -0.05) is 41.9 Å². The second-order valence-corrected chi connectivity index (χ2v) is 6.71. The average molecular weight is 408 g/mol. The van der Waals surface area contributed by atoms with Crippen molar-refractivity contribution in [2.75, 3.05) is 7.11 Å². The molecule has 1 N–H and O–H groups in total. The van der Waals surface area contributed by atoms with Crippen molar-refractivity contribution in [3.8, 4) is 17.7 Å². The van der Waals surface area contributed by atoms with E-state index in [1.165, 1.54) is 17.9 Å². The van der Waals surface area contributed by atoms with Gasteiger partial charge in [-0.05, 0) is 36.2 Å². The van der Waals surface area contributed by atoms with Crippen LogP contribution in [0.15, 0.2) is 58.3 Å². The lowest BCUT2D eigenvalue weighted by Gasteiger charge is -2.14. The van der Waals surface area contributed by atoms with E-state index in [9.17, 15) is 15.2 Å². The van der Waals surface area contributed by atoms with Crippen LogP contribution in [0.3, 0.4) is 0 Å². The fraction of sp³-hybridized carbons (Fsp3) is 0.136. The molecular formula is C22H18ClN3O3. The molecule has 29 heavy (non-hydrogen) atoms. The first-order chi connectivity index (χ1) is 14.0. The van der Waals surface area contributed by atoms with Crippen LogP contribution in [0, 0.1) is 18.3 Å². The van der Waals surface area contributed by atoms with Gasteiger partial charge in [0.15, 0.2) is 0 Å². The molecule has 0 fully saturated rings. The van der Waals surface area contributed by atoms with Gasteiger partial charge in [0.25, 0.3) is 5.56 Å². The molecule has 0 amide bonds. The molecule has 7 heteroatoms. The average Bonchev–Trinajstić information content (AvgIpc) is 2.72. The van der Waals surface area contributed by atoms with Crippen molar-refractivity contribution in [2.24, 2.45) is 4.99 Å². The van der Waals surface area contributed by atoms with Crippen molar-refractivity contribution in [3.05, 3.63) is 86.2 Å². The quantitative estimate of drug-likeness (QED) is 0.642. The molecule has 3 aromatic rings. The van der Waals surface area contributed by atoms with Gasteiger partial charge < -0.3 is 9.84 Å². The Bertz CT molecular complexity index is 1180. The first kappa shape index (κ1) is 20.2. The minimum Gasteiger partial charge on any atom is -0.495 e. The van der Waals surface area contributed by atoms with Crippen molar-refractivity contribution < 1.29 is 9.84 Å². The SMILES string of the molecule is COc1ccc(N=Cc2c(C)c(C#N)c(=O)n(Cc3ccccc3)c2O)cc1Cl. The van der Waals surface area contributed by atoms with E-state index in [1.54, 1.807) is 25.1 Å². The van der Waals surface area contributed by atoms with Crippen LogP contribution in [0.25, 0.3) is 0 Å². The van der Waals surface area contributed by atoms with Crippen LogP contribution < -0.4 is 10.3 Å². The molecule has 0 saturated heterocycles. The van der Waals surface area contributed by atoms with Crippen LogP contribution in [0.4, 0.5) is 5.69 Å². The molecule has 146 valence electrons.